The molecule has 3 nitrogen and oxygen atoms in total. The molecular weight excluding hydrogens is 171 g/mol. The van der Waals surface area contributed by atoms with Crippen LogP contribution < -0.4 is 5.73 Å². The van der Waals surface area contributed by atoms with Crippen LogP contribution in [0.4, 0.5) is 4.39 Å². The molecule has 2 unspecified atom stereocenters. The molecule has 0 spiro atoms. The molecule has 0 amide bonds. The van der Waals surface area contributed by atoms with Gasteiger partial charge < -0.3 is 15.7 Å². The zero-order valence-corrected chi connectivity index (χ0v) is 7.95. The van der Waals surface area contributed by atoms with E-state index in [0.717, 1.165) is 19.5 Å². The van der Waals surface area contributed by atoms with Gasteiger partial charge in [-0.25, -0.2) is 4.39 Å². The third-order valence-corrected chi connectivity index (χ3v) is 2.58. The number of rotatable bonds is 4. The Hall–Kier alpha value is -0.190. The maximum atomic E-state index is 12.0. The highest BCUT2D eigenvalue weighted by atomic mass is 19.1. The highest BCUT2D eigenvalue weighted by Crippen LogP contribution is 2.15. The van der Waals surface area contributed by atoms with Crippen LogP contribution in [0.3, 0.4) is 0 Å². The maximum absolute atomic E-state index is 12.0. The number of halogens is 1. The van der Waals surface area contributed by atoms with Crippen LogP contribution in [0.2, 0.25) is 0 Å². The molecule has 0 aromatic carbocycles. The van der Waals surface area contributed by atoms with Crippen molar-refractivity contribution in [3.63, 3.8) is 0 Å². The molecule has 0 bridgehead atoms. The number of nitrogens with zero attached hydrogens (tertiary/aromatic N) is 1. The largest absolute Gasteiger partial charge is 0.389 e. The molecule has 4 heteroatoms. The van der Waals surface area contributed by atoms with Crippen molar-refractivity contribution in [1.82, 2.24) is 4.90 Å². The maximum Gasteiger partial charge on any atom is 0.117 e. The van der Waals surface area contributed by atoms with E-state index in [9.17, 15) is 4.39 Å². The van der Waals surface area contributed by atoms with E-state index in [1.165, 1.54) is 6.42 Å². The summed E-state index contributed by atoms with van der Waals surface area (Å²) in [7, 11) is 0. The fraction of sp³-hybridized carbons (Fsp3) is 1.00. The third kappa shape index (κ3) is 3.58. The van der Waals surface area contributed by atoms with Crippen LogP contribution in [0.25, 0.3) is 0 Å². The Morgan fingerprint density at radius 3 is 3.00 bits per heavy atom. The van der Waals surface area contributed by atoms with Gasteiger partial charge in [0.05, 0.1) is 6.10 Å². The second-order valence-corrected chi connectivity index (χ2v) is 3.81. The summed E-state index contributed by atoms with van der Waals surface area (Å²) in [5, 5.41) is 9.12. The van der Waals surface area contributed by atoms with Crippen LogP contribution in [0.5, 0.6) is 0 Å². The quantitative estimate of drug-likeness (QED) is 0.655. The first-order valence-electron chi connectivity index (χ1n) is 4.92. The monoisotopic (exact) mass is 190 g/mol. The highest BCUT2D eigenvalue weighted by Gasteiger charge is 2.20. The van der Waals surface area contributed by atoms with Crippen molar-refractivity contribution >= 4 is 0 Å². The molecule has 1 aliphatic heterocycles. The molecule has 2 atom stereocenters. The van der Waals surface area contributed by atoms with Gasteiger partial charge in [0.1, 0.15) is 6.67 Å². The molecule has 13 heavy (non-hydrogen) atoms. The number of piperidine rings is 1. The lowest BCUT2D eigenvalue weighted by Crippen LogP contribution is -2.42. The molecule has 78 valence electrons. The Bertz CT molecular complexity index is 144. The van der Waals surface area contributed by atoms with Gasteiger partial charge in [0.25, 0.3) is 0 Å². The number of alkyl halides is 1. The van der Waals surface area contributed by atoms with Gasteiger partial charge in [-0.3, -0.25) is 0 Å². The lowest BCUT2D eigenvalue weighted by atomic mass is 9.98. The van der Waals surface area contributed by atoms with Crippen LogP contribution in [0.15, 0.2) is 0 Å². The van der Waals surface area contributed by atoms with Crippen LogP contribution in [-0.2, 0) is 0 Å². The molecule has 1 rings (SSSR count). The Morgan fingerprint density at radius 2 is 2.38 bits per heavy atom. The highest BCUT2D eigenvalue weighted by molar-refractivity contribution is 4.75. The predicted octanol–water partition coefficient (Wildman–Crippen LogP) is -0.0125. The number of likely N-dealkylation sites (tertiary alicyclic amines) is 1. The molecule has 0 aliphatic carbocycles. The van der Waals surface area contributed by atoms with Crippen molar-refractivity contribution in [2.24, 2.45) is 11.7 Å². The molecule has 1 fully saturated rings. The molecule has 0 saturated carbocycles. The van der Waals surface area contributed by atoms with Crippen molar-refractivity contribution in [3.05, 3.63) is 0 Å². The third-order valence-electron chi connectivity index (χ3n) is 2.58. The van der Waals surface area contributed by atoms with Gasteiger partial charge in [0.15, 0.2) is 0 Å². The molecule has 0 radical (unpaired) electrons. The summed E-state index contributed by atoms with van der Waals surface area (Å²) in [6, 6.07) is 0. The van der Waals surface area contributed by atoms with Gasteiger partial charge in [-0.15, -0.1) is 0 Å². The Kier molecular flexibility index (Phi) is 4.62. The van der Waals surface area contributed by atoms with Crippen molar-refractivity contribution < 1.29 is 9.50 Å². The molecule has 1 aliphatic rings. The Labute approximate surface area is 78.7 Å². The molecule has 0 aromatic heterocycles. The average Bonchev–Trinajstić information content (AvgIpc) is 2.18. The van der Waals surface area contributed by atoms with Gasteiger partial charge in [-0.1, -0.05) is 0 Å². The SMILES string of the molecule is NCC1CCCN(CC(O)CF)C1. The molecule has 0 aromatic rings. The summed E-state index contributed by atoms with van der Waals surface area (Å²) in [5.41, 5.74) is 5.57. The molecule has 3 N–H and O–H groups in total. The van der Waals surface area contributed by atoms with E-state index in [2.05, 4.69) is 4.90 Å². The number of hydrogen-bond acceptors (Lipinski definition) is 3. The van der Waals surface area contributed by atoms with Crippen LogP contribution in [0.1, 0.15) is 12.8 Å². The van der Waals surface area contributed by atoms with E-state index >= 15 is 0 Å². The van der Waals surface area contributed by atoms with E-state index in [1.54, 1.807) is 0 Å². The Balaban J connectivity index is 2.25. The van der Waals surface area contributed by atoms with Crippen LogP contribution in [0, 0.1) is 5.92 Å². The van der Waals surface area contributed by atoms with Crippen LogP contribution in [-0.4, -0.2) is 49.0 Å². The summed E-state index contributed by atoms with van der Waals surface area (Å²) in [6.45, 7) is 2.38. The normalized spacial score (nSPS) is 27.5. The second kappa shape index (κ2) is 5.52. The van der Waals surface area contributed by atoms with Crippen LogP contribution >= 0.6 is 0 Å². The van der Waals surface area contributed by atoms with E-state index in [0.29, 0.717) is 19.0 Å². The molecule has 1 heterocycles. The van der Waals surface area contributed by atoms with E-state index in [-0.39, 0.29) is 0 Å². The summed E-state index contributed by atoms with van der Waals surface area (Å²) in [4.78, 5) is 2.10. The lowest BCUT2D eigenvalue weighted by Gasteiger charge is -2.32. The number of hydrogen-bond donors (Lipinski definition) is 2. The number of aliphatic hydroxyl groups excluding tert-OH is 1. The van der Waals surface area contributed by atoms with Gasteiger partial charge in [-0.05, 0) is 31.8 Å². The summed E-state index contributed by atoms with van der Waals surface area (Å²) >= 11 is 0. The van der Waals surface area contributed by atoms with E-state index < -0.39 is 12.8 Å². The van der Waals surface area contributed by atoms with Crippen molar-refractivity contribution in [2.75, 3.05) is 32.9 Å². The minimum atomic E-state index is -0.823. The topological polar surface area (TPSA) is 49.5 Å². The zero-order chi connectivity index (χ0) is 9.68. The standard InChI is InChI=1S/C9H19FN2O/c10-4-9(13)7-12-3-1-2-8(5-11)6-12/h8-9,13H,1-7,11H2. The number of nitrogens with two attached hydrogens (primary N) is 1. The summed E-state index contributed by atoms with van der Waals surface area (Å²) in [5.74, 6) is 0.528. The van der Waals surface area contributed by atoms with Gasteiger partial charge >= 0.3 is 0 Å². The first-order valence-corrected chi connectivity index (χ1v) is 4.92. The smallest absolute Gasteiger partial charge is 0.117 e. The second-order valence-electron chi connectivity index (χ2n) is 3.81. The summed E-state index contributed by atoms with van der Waals surface area (Å²) < 4.78 is 12.0. The van der Waals surface area contributed by atoms with Crippen molar-refractivity contribution in [1.29, 1.82) is 0 Å². The first-order chi connectivity index (χ1) is 6.26. The Morgan fingerprint density at radius 1 is 1.62 bits per heavy atom. The number of aliphatic hydroxyl groups is 1. The van der Waals surface area contributed by atoms with E-state index in [1.807, 2.05) is 0 Å². The fourth-order valence-corrected chi connectivity index (χ4v) is 1.86. The fourth-order valence-electron chi connectivity index (χ4n) is 1.86. The first kappa shape index (κ1) is 10.9. The zero-order valence-electron chi connectivity index (χ0n) is 7.95. The lowest BCUT2D eigenvalue weighted by molar-refractivity contribution is 0.0693. The minimum Gasteiger partial charge on any atom is -0.389 e. The van der Waals surface area contributed by atoms with Gasteiger partial charge in [-0.2, -0.15) is 0 Å². The van der Waals surface area contributed by atoms with Crippen molar-refractivity contribution in [2.45, 2.75) is 18.9 Å². The predicted molar refractivity (Wildman–Crippen MR) is 50.2 cm³/mol. The average molecular weight is 190 g/mol. The van der Waals surface area contributed by atoms with Gasteiger partial charge in [0.2, 0.25) is 0 Å². The van der Waals surface area contributed by atoms with Gasteiger partial charge in [0, 0.05) is 13.1 Å². The summed E-state index contributed by atoms with van der Waals surface area (Å²) in [6.07, 6.45) is 1.45. The molecule has 1 saturated heterocycles. The van der Waals surface area contributed by atoms with E-state index in [4.69, 9.17) is 10.8 Å². The number of β-amino-alcohol motifs (C(OH)–C–C–N with tert-alkyl or cyclic N) is 1. The van der Waals surface area contributed by atoms with Crippen molar-refractivity contribution in [3.8, 4) is 0 Å². The molecular formula is C9H19FN2O. The minimum absolute atomic E-state index is 0.451.